The second kappa shape index (κ2) is 5.86. The average Bonchev–Trinajstić information content (AvgIpc) is 3.26. The van der Waals surface area contributed by atoms with Gasteiger partial charge in [0.2, 0.25) is 0 Å². The number of nitrogens with two attached hydrogens (primary N) is 1. The molecule has 0 saturated heterocycles. The van der Waals surface area contributed by atoms with Crippen LogP contribution in [0.15, 0.2) is 48.5 Å². The fraction of sp³-hybridized carbons (Fsp3) is 0.294. The fourth-order valence-corrected chi connectivity index (χ4v) is 2.68. The number of nitrogen functional groups attached to an aromatic ring is 1. The maximum absolute atomic E-state index is 6.07. The molecule has 20 heavy (non-hydrogen) atoms. The summed E-state index contributed by atoms with van der Waals surface area (Å²) in [5.74, 6) is 0. The van der Waals surface area contributed by atoms with Gasteiger partial charge in [0.05, 0.1) is 0 Å². The summed E-state index contributed by atoms with van der Waals surface area (Å²) in [6.45, 7) is 1.87. The van der Waals surface area contributed by atoms with Crippen molar-refractivity contribution in [1.29, 1.82) is 0 Å². The minimum atomic E-state index is 0.699. The number of nitrogens with zero attached hydrogens (tertiary/aromatic N) is 1. The average molecular weight is 287 g/mol. The van der Waals surface area contributed by atoms with E-state index in [0.29, 0.717) is 11.1 Å². The summed E-state index contributed by atoms with van der Waals surface area (Å²) in [5, 5.41) is 0.701. The normalized spacial score (nSPS) is 14.7. The molecule has 2 nitrogen and oxygen atoms in total. The van der Waals surface area contributed by atoms with Gasteiger partial charge in [0.1, 0.15) is 0 Å². The molecule has 0 spiro atoms. The van der Waals surface area contributed by atoms with Crippen molar-refractivity contribution in [3.05, 3.63) is 64.7 Å². The van der Waals surface area contributed by atoms with Gasteiger partial charge < -0.3 is 5.73 Å². The van der Waals surface area contributed by atoms with Gasteiger partial charge in [-0.15, -0.1) is 0 Å². The highest BCUT2D eigenvalue weighted by atomic mass is 35.5. The molecule has 1 saturated carbocycles. The molecular weight excluding hydrogens is 268 g/mol. The van der Waals surface area contributed by atoms with Crippen LogP contribution >= 0.6 is 11.6 Å². The molecule has 0 heterocycles. The van der Waals surface area contributed by atoms with Crippen molar-refractivity contribution in [3.8, 4) is 0 Å². The van der Waals surface area contributed by atoms with E-state index in [1.54, 1.807) is 0 Å². The van der Waals surface area contributed by atoms with Crippen molar-refractivity contribution >= 4 is 17.3 Å². The summed E-state index contributed by atoms with van der Waals surface area (Å²) >= 11 is 5.96. The lowest BCUT2D eigenvalue weighted by atomic mass is 10.1. The molecule has 3 heteroatoms. The molecule has 0 radical (unpaired) electrons. The van der Waals surface area contributed by atoms with Gasteiger partial charge in [0.15, 0.2) is 0 Å². The van der Waals surface area contributed by atoms with Crippen LogP contribution in [-0.2, 0) is 13.1 Å². The zero-order chi connectivity index (χ0) is 13.9. The molecular formula is C17H19ClN2. The Morgan fingerprint density at radius 1 is 1.05 bits per heavy atom. The summed E-state index contributed by atoms with van der Waals surface area (Å²) in [5.41, 5.74) is 9.38. The third-order valence-electron chi connectivity index (χ3n) is 3.77. The number of halogens is 1. The van der Waals surface area contributed by atoms with Crippen LogP contribution in [0.3, 0.4) is 0 Å². The number of benzene rings is 2. The van der Waals surface area contributed by atoms with E-state index in [9.17, 15) is 0 Å². The Labute approximate surface area is 125 Å². The summed E-state index contributed by atoms with van der Waals surface area (Å²) in [4.78, 5) is 2.51. The van der Waals surface area contributed by atoms with E-state index in [-0.39, 0.29) is 0 Å². The summed E-state index contributed by atoms with van der Waals surface area (Å²) < 4.78 is 0. The van der Waals surface area contributed by atoms with Crippen LogP contribution in [0, 0.1) is 0 Å². The van der Waals surface area contributed by atoms with Crippen molar-refractivity contribution in [2.75, 3.05) is 5.73 Å². The first-order valence-corrected chi connectivity index (χ1v) is 7.42. The van der Waals surface area contributed by atoms with Gasteiger partial charge in [-0.25, -0.2) is 0 Å². The van der Waals surface area contributed by atoms with Gasteiger partial charge in [-0.1, -0.05) is 48.0 Å². The molecule has 0 amide bonds. The Balaban J connectivity index is 1.74. The van der Waals surface area contributed by atoms with Crippen LogP contribution in [0.1, 0.15) is 24.0 Å². The highest BCUT2D eigenvalue weighted by Gasteiger charge is 2.29. The molecule has 2 aromatic rings. The van der Waals surface area contributed by atoms with E-state index in [1.807, 2.05) is 18.2 Å². The zero-order valence-electron chi connectivity index (χ0n) is 11.4. The third-order valence-corrected chi connectivity index (χ3v) is 4.01. The molecule has 1 aliphatic carbocycles. The van der Waals surface area contributed by atoms with Gasteiger partial charge in [-0.05, 0) is 36.1 Å². The molecule has 1 fully saturated rings. The highest BCUT2D eigenvalue weighted by molar-refractivity contribution is 6.30. The van der Waals surface area contributed by atoms with Crippen molar-refractivity contribution in [1.82, 2.24) is 4.90 Å². The minimum absolute atomic E-state index is 0.699. The SMILES string of the molecule is Nc1cc(Cl)ccc1CN(Cc1ccccc1)C1CC1. The lowest BCUT2D eigenvalue weighted by molar-refractivity contribution is 0.246. The van der Waals surface area contributed by atoms with E-state index in [0.717, 1.165) is 24.3 Å². The number of hydrogen-bond acceptors (Lipinski definition) is 2. The zero-order valence-corrected chi connectivity index (χ0v) is 12.2. The van der Waals surface area contributed by atoms with E-state index >= 15 is 0 Å². The van der Waals surface area contributed by atoms with Crippen molar-refractivity contribution in [2.45, 2.75) is 32.0 Å². The van der Waals surface area contributed by atoms with Gasteiger partial charge in [-0.2, -0.15) is 0 Å². The van der Waals surface area contributed by atoms with Crippen molar-refractivity contribution in [2.24, 2.45) is 0 Å². The number of rotatable bonds is 5. The van der Waals surface area contributed by atoms with Crippen LogP contribution in [0.5, 0.6) is 0 Å². The van der Waals surface area contributed by atoms with Crippen LogP contribution in [0.2, 0.25) is 5.02 Å². The first-order valence-electron chi connectivity index (χ1n) is 7.04. The molecule has 0 aliphatic heterocycles. The Bertz CT molecular complexity index is 579. The molecule has 0 bridgehead atoms. The molecule has 2 N–H and O–H groups in total. The highest BCUT2D eigenvalue weighted by Crippen LogP contribution is 2.31. The Hall–Kier alpha value is -1.51. The van der Waals surface area contributed by atoms with Gasteiger partial charge >= 0.3 is 0 Å². The molecule has 1 aliphatic rings. The third kappa shape index (κ3) is 3.33. The Morgan fingerprint density at radius 2 is 1.80 bits per heavy atom. The Kier molecular flexibility index (Phi) is 3.95. The van der Waals surface area contributed by atoms with E-state index in [1.165, 1.54) is 18.4 Å². The van der Waals surface area contributed by atoms with E-state index < -0.39 is 0 Å². The van der Waals surface area contributed by atoms with E-state index in [2.05, 4.69) is 35.2 Å². The molecule has 0 atom stereocenters. The fourth-order valence-electron chi connectivity index (χ4n) is 2.50. The summed E-state index contributed by atoms with van der Waals surface area (Å²) in [6, 6.07) is 17.1. The first kappa shape index (κ1) is 13.5. The second-order valence-electron chi connectivity index (χ2n) is 5.46. The van der Waals surface area contributed by atoms with E-state index in [4.69, 9.17) is 17.3 Å². The van der Waals surface area contributed by atoms with Gasteiger partial charge in [0, 0.05) is 29.8 Å². The largest absolute Gasteiger partial charge is 0.398 e. The van der Waals surface area contributed by atoms with Gasteiger partial charge in [-0.3, -0.25) is 4.90 Å². The molecule has 104 valence electrons. The molecule has 0 aromatic heterocycles. The predicted octanol–water partition coefficient (Wildman–Crippen LogP) is 4.09. The van der Waals surface area contributed by atoms with Crippen molar-refractivity contribution in [3.63, 3.8) is 0 Å². The standard InChI is InChI=1S/C17H19ClN2/c18-15-7-6-14(17(19)10-15)12-20(16-8-9-16)11-13-4-2-1-3-5-13/h1-7,10,16H,8-9,11-12,19H2. The maximum Gasteiger partial charge on any atom is 0.0426 e. The van der Waals surface area contributed by atoms with Gasteiger partial charge in [0.25, 0.3) is 0 Å². The Morgan fingerprint density at radius 3 is 2.45 bits per heavy atom. The monoisotopic (exact) mass is 286 g/mol. The summed E-state index contributed by atoms with van der Waals surface area (Å²) in [7, 11) is 0. The first-order chi connectivity index (χ1) is 9.72. The molecule has 2 aromatic carbocycles. The lowest BCUT2D eigenvalue weighted by Gasteiger charge is -2.23. The predicted molar refractivity (Wildman–Crippen MR) is 84.6 cm³/mol. The maximum atomic E-state index is 6.07. The topological polar surface area (TPSA) is 29.3 Å². The number of anilines is 1. The molecule has 3 rings (SSSR count). The smallest absolute Gasteiger partial charge is 0.0426 e. The van der Waals surface area contributed by atoms with Crippen LogP contribution in [-0.4, -0.2) is 10.9 Å². The number of hydrogen-bond donors (Lipinski definition) is 1. The summed E-state index contributed by atoms with van der Waals surface area (Å²) in [6.07, 6.45) is 2.58. The van der Waals surface area contributed by atoms with Crippen molar-refractivity contribution < 1.29 is 0 Å². The lowest BCUT2D eigenvalue weighted by Crippen LogP contribution is -2.25. The van der Waals surface area contributed by atoms with Crippen LogP contribution < -0.4 is 5.73 Å². The van der Waals surface area contributed by atoms with Crippen LogP contribution in [0.25, 0.3) is 0 Å². The second-order valence-corrected chi connectivity index (χ2v) is 5.90. The minimum Gasteiger partial charge on any atom is -0.398 e. The van der Waals surface area contributed by atoms with Crippen LogP contribution in [0.4, 0.5) is 5.69 Å². The quantitative estimate of drug-likeness (QED) is 0.839. The molecule has 0 unspecified atom stereocenters.